The summed E-state index contributed by atoms with van der Waals surface area (Å²) in [6.45, 7) is 4.21. The molecule has 0 fully saturated rings. The van der Waals surface area contributed by atoms with Crippen LogP contribution in [-0.4, -0.2) is 22.7 Å². The maximum Gasteiger partial charge on any atom is 0.263 e. The standard InChI is InChI=1S/C20H16ClN3O3S/c1-3-26-12-8-9-15-16(10-12)28-20(22-15)23-19(25)17-11(2)27-24-18(17)13-6-4-5-7-14(13)21/h4-10H,3H2,1-2H3,(H,22,23,25). The molecular formula is C20H16ClN3O3S. The second kappa shape index (κ2) is 7.61. The summed E-state index contributed by atoms with van der Waals surface area (Å²) in [5.41, 5.74) is 2.16. The lowest BCUT2D eigenvalue weighted by Crippen LogP contribution is -2.13. The van der Waals surface area contributed by atoms with Crippen molar-refractivity contribution in [3.05, 3.63) is 58.8 Å². The van der Waals surface area contributed by atoms with E-state index in [1.165, 1.54) is 11.3 Å². The highest BCUT2D eigenvalue weighted by molar-refractivity contribution is 7.22. The molecule has 8 heteroatoms. The van der Waals surface area contributed by atoms with Crippen molar-refractivity contribution in [2.75, 3.05) is 11.9 Å². The highest BCUT2D eigenvalue weighted by atomic mass is 35.5. The maximum atomic E-state index is 12.9. The molecule has 0 saturated heterocycles. The van der Waals surface area contributed by atoms with E-state index in [1.807, 2.05) is 37.3 Å². The van der Waals surface area contributed by atoms with Gasteiger partial charge in [0.1, 0.15) is 22.8 Å². The third-order valence-corrected chi connectivity index (χ3v) is 5.37. The number of aromatic nitrogens is 2. The number of anilines is 1. The average Bonchev–Trinajstić information content (AvgIpc) is 3.24. The molecule has 0 aliphatic heterocycles. The topological polar surface area (TPSA) is 77.2 Å². The van der Waals surface area contributed by atoms with E-state index in [0.29, 0.717) is 39.3 Å². The van der Waals surface area contributed by atoms with Crippen molar-refractivity contribution in [2.45, 2.75) is 13.8 Å². The van der Waals surface area contributed by atoms with Crippen LogP contribution in [0.3, 0.4) is 0 Å². The number of rotatable bonds is 5. The number of benzene rings is 2. The predicted octanol–water partition coefficient (Wildman–Crippen LogP) is 5.56. The minimum Gasteiger partial charge on any atom is -0.494 e. The van der Waals surface area contributed by atoms with E-state index in [2.05, 4.69) is 15.5 Å². The number of aryl methyl sites for hydroxylation is 1. The quantitative estimate of drug-likeness (QED) is 0.463. The number of halogens is 1. The summed E-state index contributed by atoms with van der Waals surface area (Å²) in [5.74, 6) is 0.831. The van der Waals surface area contributed by atoms with Gasteiger partial charge in [-0.2, -0.15) is 0 Å². The molecule has 28 heavy (non-hydrogen) atoms. The van der Waals surface area contributed by atoms with Crippen LogP contribution in [0.5, 0.6) is 5.75 Å². The van der Waals surface area contributed by atoms with Crippen LogP contribution >= 0.6 is 22.9 Å². The number of nitrogens with zero attached hydrogens (tertiary/aromatic N) is 2. The number of hydrogen-bond donors (Lipinski definition) is 1. The Balaban J connectivity index is 1.65. The van der Waals surface area contributed by atoms with E-state index in [9.17, 15) is 4.79 Å². The molecule has 1 amide bonds. The van der Waals surface area contributed by atoms with Gasteiger partial charge < -0.3 is 9.26 Å². The highest BCUT2D eigenvalue weighted by Crippen LogP contribution is 2.33. The maximum absolute atomic E-state index is 12.9. The molecule has 0 aliphatic rings. The normalized spacial score (nSPS) is 11.0. The van der Waals surface area contributed by atoms with Gasteiger partial charge in [-0.05, 0) is 38.1 Å². The first-order valence-electron chi connectivity index (χ1n) is 8.62. The second-order valence-electron chi connectivity index (χ2n) is 5.98. The predicted molar refractivity (Wildman–Crippen MR) is 110 cm³/mol. The fourth-order valence-electron chi connectivity index (χ4n) is 2.85. The van der Waals surface area contributed by atoms with Crippen molar-refractivity contribution < 1.29 is 14.1 Å². The van der Waals surface area contributed by atoms with Crippen LogP contribution in [0.25, 0.3) is 21.5 Å². The Morgan fingerprint density at radius 3 is 2.89 bits per heavy atom. The summed E-state index contributed by atoms with van der Waals surface area (Å²) in [6.07, 6.45) is 0. The van der Waals surface area contributed by atoms with E-state index >= 15 is 0 Å². The van der Waals surface area contributed by atoms with Crippen LogP contribution in [0, 0.1) is 6.92 Å². The van der Waals surface area contributed by atoms with Crippen LogP contribution in [0.1, 0.15) is 23.0 Å². The van der Waals surface area contributed by atoms with Crippen LogP contribution in [0.2, 0.25) is 5.02 Å². The second-order valence-corrected chi connectivity index (χ2v) is 7.42. The van der Waals surface area contributed by atoms with E-state index in [1.54, 1.807) is 19.1 Å². The Kier molecular flexibility index (Phi) is 5.02. The minimum atomic E-state index is -0.349. The van der Waals surface area contributed by atoms with E-state index in [-0.39, 0.29) is 5.91 Å². The Hall–Kier alpha value is -2.90. The molecule has 4 rings (SSSR count). The zero-order valence-corrected chi connectivity index (χ0v) is 16.7. The molecule has 0 bridgehead atoms. The lowest BCUT2D eigenvalue weighted by atomic mass is 10.1. The number of thiazole rings is 1. The van der Waals surface area contributed by atoms with E-state index in [0.717, 1.165) is 16.0 Å². The average molecular weight is 414 g/mol. The summed E-state index contributed by atoms with van der Waals surface area (Å²) in [6, 6.07) is 12.8. The zero-order valence-electron chi connectivity index (χ0n) is 15.2. The highest BCUT2D eigenvalue weighted by Gasteiger charge is 2.24. The third kappa shape index (κ3) is 3.46. The fraction of sp³-hybridized carbons (Fsp3) is 0.150. The van der Waals surface area contributed by atoms with Crippen molar-refractivity contribution in [1.82, 2.24) is 10.1 Å². The number of carbonyl (C=O) groups excluding carboxylic acids is 1. The van der Waals surface area contributed by atoms with Gasteiger partial charge in [0.05, 0.1) is 21.8 Å². The van der Waals surface area contributed by atoms with Crippen LogP contribution in [-0.2, 0) is 0 Å². The Morgan fingerprint density at radius 2 is 2.11 bits per heavy atom. The molecule has 0 saturated carbocycles. The van der Waals surface area contributed by atoms with Gasteiger partial charge in [0.2, 0.25) is 0 Å². The summed E-state index contributed by atoms with van der Waals surface area (Å²) in [7, 11) is 0. The summed E-state index contributed by atoms with van der Waals surface area (Å²) >= 11 is 7.64. The van der Waals surface area contributed by atoms with Crippen molar-refractivity contribution in [3.8, 4) is 17.0 Å². The number of fused-ring (bicyclic) bond motifs is 1. The number of carbonyl (C=O) groups is 1. The van der Waals surface area contributed by atoms with Crippen LogP contribution in [0.4, 0.5) is 5.13 Å². The lowest BCUT2D eigenvalue weighted by Gasteiger charge is -2.04. The molecule has 2 aromatic carbocycles. The van der Waals surface area contributed by atoms with Crippen LogP contribution < -0.4 is 10.1 Å². The van der Waals surface area contributed by atoms with Crippen molar-refractivity contribution in [3.63, 3.8) is 0 Å². The number of amides is 1. The first-order valence-corrected chi connectivity index (χ1v) is 9.82. The van der Waals surface area contributed by atoms with Gasteiger partial charge in [0.15, 0.2) is 5.13 Å². The zero-order chi connectivity index (χ0) is 19.7. The van der Waals surface area contributed by atoms with Crippen LogP contribution in [0.15, 0.2) is 47.0 Å². The molecule has 2 aromatic heterocycles. The van der Waals surface area contributed by atoms with E-state index < -0.39 is 0 Å². The largest absolute Gasteiger partial charge is 0.494 e. The molecule has 6 nitrogen and oxygen atoms in total. The van der Waals surface area contributed by atoms with Crippen molar-refractivity contribution in [1.29, 1.82) is 0 Å². The van der Waals surface area contributed by atoms with Gasteiger partial charge in [-0.15, -0.1) is 0 Å². The monoisotopic (exact) mass is 413 g/mol. The molecule has 0 spiro atoms. The van der Waals surface area contributed by atoms with Gasteiger partial charge in [0.25, 0.3) is 5.91 Å². The number of hydrogen-bond acceptors (Lipinski definition) is 6. The molecule has 2 heterocycles. The molecule has 0 atom stereocenters. The molecule has 0 unspecified atom stereocenters. The Morgan fingerprint density at radius 1 is 1.29 bits per heavy atom. The number of nitrogens with one attached hydrogen (secondary N) is 1. The van der Waals surface area contributed by atoms with Gasteiger partial charge >= 0.3 is 0 Å². The van der Waals surface area contributed by atoms with Gasteiger partial charge in [-0.1, -0.05) is 46.3 Å². The molecular weight excluding hydrogens is 398 g/mol. The summed E-state index contributed by atoms with van der Waals surface area (Å²) < 4.78 is 11.7. The van der Waals surface area contributed by atoms with Crippen molar-refractivity contribution >= 4 is 44.2 Å². The minimum absolute atomic E-state index is 0.336. The number of ether oxygens (including phenoxy) is 1. The molecule has 0 radical (unpaired) electrons. The first kappa shape index (κ1) is 18.5. The van der Waals surface area contributed by atoms with E-state index in [4.69, 9.17) is 20.9 Å². The molecule has 1 N–H and O–H groups in total. The molecule has 0 aliphatic carbocycles. The fourth-order valence-corrected chi connectivity index (χ4v) is 3.97. The molecule has 4 aromatic rings. The van der Waals surface area contributed by atoms with Gasteiger partial charge in [0, 0.05) is 5.56 Å². The Bertz CT molecular complexity index is 1170. The van der Waals surface area contributed by atoms with Gasteiger partial charge in [-0.25, -0.2) is 4.98 Å². The lowest BCUT2D eigenvalue weighted by molar-refractivity contribution is 0.102. The Labute approximate surface area is 170 Å². The third-order valence-electron chi connectivity index (χ3n) is 4.11. The first-order chi connectivity index (χ1) is 13.6. The SMILES string of the molecule is CCOc1ccc2nc(NC(=O)c3c(-c4ccccc4Cl)noc3C)sc2c1. The smallest absolute Gasteiger partial charge is 0.263 e. The van der Waals surface area contributed by atoms with Crippen molar-refractivity contribution in [2.24, 2.45) is 0 Å². The van der Waals surface area contributed by atoms with Gasteiger partial charge in [-0.3, -0.25) is 10.1 Å². The molecule has 142 valence electrons. The summed E-state index contributed by atoms with van der Waals surface area (Å²) in [4.78, 5) is 17.4. The summed E-state index contributed by atoms with van der Waals surface area (Å²) in [5, 5.41) is 7.85.